The van der Waals surface area contributed by atoms with E-state index in [-0.39, 0.29) is 6.10 Å². The Morgan fingerprint density at radius 3 is 2.50 bits per heavy atom. The van der Waals surface area contributed by atoms with E-state index < -0.39 is 0 Å². The van der Waals surface area contributed by atoms with Crippen LogP contribution in [0.15, 0.2) is 24.3 Å². The molecule has 130 valence electrons. The molecule has 0 saturated carbocycles. The van der Waals surface area contributed by atoms with Crippen molar-refractivity contribution in [3.63, 3.8) is 0 Å². The lowest BCUT2D eigenvalue weighted by atomic mass is 10.0. The number of aliphatic hydroxyl groups excluding tert-OH is 1. The Morgan fingerprint density at radius 2 is 1.83 bits per heavy atom. The number of aryl methyl sites for hydroxylation is 1. The highest BCUT2D eigenvalue weighted by atomic mass is 16.3. The summed E-state index contributed by atoms with van der Waals surface area (Å²) < 4.78 is 0. The van der Waals surface area contributed by atoms with Crippen LogP contribution in [0.25, 0.3) is 10.9 Å². The Morgan fingerprint density at radius 1 is 1.12 bits per heavy atom. The molecule has 0 spiro atoms. The number of rotatable bonds is 5. The smallest absolute Gasteiger partial charge is 0.0726 e. The number of para-hydroxylation sites is 1. The van der Waals surface area contributed by atoms with Crippen LogP contribution in [0.3, 0.4) is 0 Å². The van der Waals surface area contributed by atoms with Gasteiger partial charge in [-0.25, -0.2) is 0 Å². The third kappa shape index (κ3) is 3.40. The molecule has 0 radical (unpaired) electrons. The van der Waals surface area contributed by atoms with Gasteiger partial charge in [-0.2, -0.15) is 0 Å². The summed E-state index contributed by atoms with van der Waals surface area (Å²) in [5.74, 6) is 0. The van der Waals surface area contributed by atoms with Crippen LogP contribution in [-0.4, -0.2) is 53.8 Å². The fraction of sp³-hybridized carbons (Fsp3) is 0.550. The molecule has 4 nitrogen and oxygen atoms in total. The van der Waals surface area contributed by atoms with Crippen molar-refractivity contribution in [1.82, 2.24) is 9.88 Å². The van der Waals surface area contributed by atoms with Crippen molar-refractivity contribution in [2.45, 2.75) is 39.7 Å². The average molecular weight is 327 g/mol. The SMILES string of the molecule is CCc1c(C)nc2ccccc2c1N1CCN(CC(O)CC)CC1. The molecular formula is C20H29N3O. The zero-order valence-corrected chi connectivity index (χ0v) is 15.1. The minimum absolute atomic E-state index is 0.202. The average Bonchev–Trinajstić information content (AvgIpc) is 2.61. The second kappa shape index (κ2) is 7.49. The highest BCUT2D eigenvalue weighted by molar-refractivity contribution is 5.94. The van der Waals surface area contributed by atoms with E-state index >= 15 is 0 Å². The summed E-state index contributed by atoms with van der Waals surface area (Å²) >= 11 is 0. The lowest BCUT2D eigenvalue weighted by Gasteiger charge is -2.38. The van der Waals surface area contributed by atoms with Crippen LogP contribution in [-0.2, 0) is 6.42 Å². The van der Waals surface area contributed by atoms with E-state index in [1.807, 2.05) is 6.92 Å². The number of benzene rings is 1. The van der Waals surface area contributed by atoms with Gasteiger partial charge in [-0.3, -0.25) is 9.88 Å². The quantitative estimate of drug-likeness (QED) is 0.916. The Bertz CT molecular complexity index is 693. The molecule has 1 unspecified atom stereocenters. The second-order valence-electron chi connectivity index (χ2n) is 6.74. The highest BCUT2D eigenvalue weighted by Gasteiger charge is 2.23. The highest BCUT2D eigenvalue weighted by Crippen LogP contribution is 2.32. The van der Waals surface area contributed by atoms with E-state index in [1.54, 1.807) is 0 Å². The molecule has 4 heteroatoms. The van der Waals surface area contributed by atoms with Crippen LogP contribution in [0.4, 0.5) is 5.69 Å². The van der Waals surface area contributed by atoms with Crippen LogP contribution in [0.5, 0.6) is 0 Å². The van der Waals surface area contributed by atoms with Crippen molar-refractivity contribution in [2.75, 3.05) is 37.6 Å². The summed E-state index contributed by atoms with van der Waals surface area (Å²) in [6.45, 7) is 11.2. The summed E-state index contributed by atoms with van der Waals surface area (Å²) in [5.41, 5.74) is 4.98. The molecule has 0 bridgehead atoms. The van der Waals surface area contributed by atoms with E-state index in [1.165, 1.54) is 16.6 Å². The van der Waals surface area contributed by atoms with E-state index in [0.717, 1.165) is 56.8 Å². The van der Waals surface area contributed by atoms with E-state index in [2.05, 4.69) is 47.9 Å². The number of aliphatic hydroxyl groups is 1. The number of pyridine rings is 1. The molecule has 1 N–H and O–H groups in total. The topological polar surface area (TPSA) is 39.6 Å². The summed E-state index contributed by atoms with van der Waals surface area (Å²) in [5, 5.41) is 11.2. The van der Waals surface area contributed by atoms with Crippen LogP contribution in [0, 0.1) is 6.92 Å². The molecule has 1 aromatic heterocycles. The number of aromatic nitrogens is 1. The molecule has 2 heterocycles. The summed E-state index contributed by atoms with van der Waals surface area (Å²) in [4.78, 5) is 9.70. The number of fused-ring (bicyclic) bond motifs is 1. The van der Waals surface area contributed by atoms with Gasteiger partial charge in [-0.1, -0.05) is 32.0 Å². The normalized spacial score (nSPS) is 17.4. The number of hydrogen-bond acceptors (Lipinski definition) is 4. The molecule has 1 aliphatic heterocycles. The first kappa shape index (κ1) is 17.2. The lowest BCUT2D eigenvalue weighted by molar-refractivity contribution is 0.106. The van der Waals surface area contributed by atoms with Gasteiger partial charge in [0.05, 0.1) is 17.3 Å². The molecule has 2 aromatic rings. The monoisotopic (exact) mass is 327 g/mol. The Hall–Kier alpha value is -1.65. The van der Waals surface area contributed by atoms with Gasteiger partial charge in [-0.05, 0) is 31.4 Å². The molecular weight excluding hydrogens is 298 g/mol. The summed E-state index contributed by atoms with van der Waals surface area (Å²) in [6.07, 6.45) is 1.63. The van der Waals surface area contributed by atoms with Gasteiger partial charge >= 0.3 is 0 Å². The van der Waals surface area contributed by atoms with Crippen LogP contribution < -0.4 is 4.90 Å². The van der Waals surface area contributed by atoms with Gasteiger partial charge in [0.25, 0.3) is 0 Å². The summed E-state index contributed by atoms with van der Waals surface area (Å²) in [6, 6.07) is 8.48. The molecule has 0 aliphatic carbocycles. The molecule has 1 atom stereocenters. The van der Waals surface area contributed by atoms with Crippen LogP contribution in [0.2, 0.25) is 0 Å². The molecule has 0 amide bonds. The Labute approximate surface area is 145 Å². The summed E-state index contributed by atoms with van der Waals surface area (Å²) in [7, 11) is 0. The zero-order chi connectivity index (χ0) is 17.1. The first-order chi connectivity index (χ1) is 11.6. The molecule has 1 aromatic carbocycles. The van der Waals surface area contributed by atoms with Gasteiger partial charge < -0.3 is 10.0 Å². The molecule has 1 fully saturated rings. The van der Waals surface area contributed by atoms with Crippen molar-refractivity contribution in [3.8, 4) is 0 Å². The van der Waals surface area contributed by atoms with Crippen molar-refractivity contribution in [3.05, 3.63) is 35.5 Å². The predicted octanol–water partition coefficient (Wildman–Crippen LogP) is 3.00. The predicted molar refractivity (Wildman–Crippen MR) is 101 cm³/mol. The molecule has 1 saturated heterocycles. The number of piperazine rings is 1. The third-order valence-electron chi connectivity index (χ3n) is 5.15. The van der Waals surface area contributed by atoms with Gasteiger partial charge in [0.1, 0.15) is 0 Å². The van der Waals surface area contributed by atoms with Crippen LogP contribution in [0.1, 0.15) is 31.5 Å². The minimum atomic E-state index is -0.202. The first-order valence-corrected chi connectivity index (χ1v) is 9.17. The van der Waals surface area contributed by atoms with Crippen molar-refractivity contribution < 1.29 is 5.11 Å². The standard InChI is InChI=1S/C20H29N3O/c1-4-16(24)14-22-10-12-23(13-11-22)20-17(5-2)15(3)21-19-9-7-6-8-18(19)20/h6-9,16,24H,4-5,10-14H2,1-3H3. The van der Waals surface area contributed by atoms with Gasteiger partial charge in [-0.15, -0.1) is 0 Å². The largest absolute Gasteiger partial charge is 0.392 e. The Balaban J connectivity index is 1.87. The third-order valence-corrected chi connectivity index (χ3v) is 5.15. The maximum Gasteiger partial charge on any atom is 0.0726 e. The number of nitrogens with zero attached hydrogens (tertiary/aromatic N) is 3. The van der Waals surface area contributed by atoms with E-state index in [4.69, 9.17) is 4.98 Å². The van der Waals surface area contributed by atoms with Crippen LogP contribution >= 0.6 is 0 Å². The maximum atomic E-state index is 9.89. The number of β-amino-alcohol motifs (C(OH)–C–C–N with tert-alkyl or cyclic N) is 1. The molecule has 24 heavy (non-hydrogen) atoms. The van der Waals surface area contributed by atoms with E-state index in [9.17, 15) is 5.11 Å². The fourth-order valence-electron chi connectivity index (χ4n) is 3.72. The van der Waals surface area contributed by atoms with Crippen molar-refractivity contribution in [1.29, 1.82) is 0 Å². The maximum absolute atomic E-state index is 9.89. The van der Waals surface area contributed by atoms with Gasteiger partial charge in [0, 0.05) is 43.8 Å². The Kier molecular flexibility index (Phi) is 5.36. The lowest BCUT2D eigenvalue weighted by Crippen LogP contribution is -2.48. The van der Waals surface area contributed by atoms with Gasteiger partial charge in [0.15, 0.2) is 0 Å². The van der Waals surface area contributed by atoms with Crippen molar-refractivity contribution in [2.24, 2.45) is 0 Å². The van der Waals surface area contributed by atoms with Crippen molar-refractivity contribution >= 4 is 16.6 Å². The molecule has 1 aliphatic rings. The molecule has 3 rings (SSSR count). The van der Waals surface area contributed by atoms with Gasteiger partial charge in [0.2, 0.25) is 0 Å². The number of hydrogen-bond donors (Lipinski definition) is 1. The fourth-order valence-corrected chi connectivity index (χ4v) is 3.72. The minimum Gasteiger partial charge on any atom is -0.392 e. The second-order valence-corrected chi connectivity index (χ2v) is 6.74. The number of anilines is 1. The first-order valence-electron chi connectivity index (χ1n) is 9.17. The zero-order valence-electron chi connectivity index (χ0n) is 15.1. The van der Waals surface area contributed by atoms with E-state index in [0.29, 0.717) is 0 Å².